The van der Waals surface area contributed by atoms with Crippen LogP contribution in [0.15, 0.2) is 60.8 Å². The maximum atomic E-state index is 16.4. The lowest BCUT2D eigenvalue weighted by Gasteiger charge is -2.30. The van der Waals surface area contributed by atoms with Gasteiger partial charge in [0.2, 0.25) is 5.91 Å². The number of piperidine rings is 1. The molecular weight excluding hydrogens is 680 g/mol. The molecule has 1 saturated carbocycles. The zero-order valence-electron chi connectivity index (χ0n) is 29.7. The van der Waals surface area contributed by atoms with E-state index < -0.39 is 24.2 Å². The largest absolute Gasteiger partial charge is 0.453 e. The number of carbonyl (C=O) groups excluding carboxylic acids is 2. The van der Waals surface area contributed by atoms with Crippen LogP contribution >= 0.6 is 0 Å². The predicted octanol–water partition coefficient (Wildman–Crippen LogP) is 6.98. The third kappa shape index (κ3) is 5.59. The summed E-state index contributed by atoms with van der Waals surface area (Å²) in [6.07, 6.45) is 5.30. The fourth-order valence-electron chi connectivity index (χ4n) is 8.94. The smallest absolute Gasteiger partial charge is 0.407 e. The van der Waals surface area contributed by atoms with Crippen molar-refractivity contribution < 1.29 is 27.8 Å². The number of hydrogen-bond acceptors (Lipinski definition) is 7. The van der Waals surface area contributed by atoms with Crippen LogP contribution in [-0.4, -0.2) is 75.8 Å². The Hall–Kier alpha value is -5.14. The molecule has 0 unspecified atom stereocenters. The molecule has 0 spiro atoms. The van der Waals surface area contributed by atoms with Crippen LogP contribution in [0, 0.1) is 5.92 Å². The van der Waals surface area contributed by atoms with Crippen molar-refractivity contribution in [2.45, 2.75) is 75.2 Å². The maximum absolute atomic E-state index is 16.4. The van der Waals surface area contributed by atoms with Gasteiger partial charge in [0.25, 0.3) is 5.92 Å². The number of nitrogens with zero attached hydrogens (tertiary/aromatic N) is 3. The third-order valence-corrected chi connectivity index (χ3v) is 11.8. The van der Waals surface area contributed by atoms with Gasteiger partial charge in [-0.3, -0.25) is 4.79 Å². The normalized spacial score (nSPS) is 23.6. The van der Waals surface area contributed by atoms with Crippen LogP contribution in [0.1, 0.15) is 73.9 Å². The van der Waals surface area contributed by atoms with Gasteiger partial charge in [-0.2, -0.15) is 8.78 Å². The second kappa shape index (κ2) is 12.8. The number of fused-ring (bicyclic) bond motifs is 6. The van der Waals surface area contributed by atoms with E-state index in [4.69, 9.17) is 14.5 Å². The van der Waals surface area contributed by atoms with Crippen molar-refractivity contribution >= 4 is 23.0 Å². The topological polar surface area (TPSA) is 137 Å². The summed E-state index contributed by atoms with van der Waals surface area (Å²) in [5, 5.41) is 6.28. The highest BCUT2D eigenvalue weighted by Crippen LogP contribution is 2.53. The summed E-state index contributed by atoms with van der Waals surface area (Å²) >= 11 is 0. The molecule has 2 bridgehead atoms. The monoisotopic (exact) mass is 721 g/mol. The Labute approximate surface area is 304 Å². The lowest BCUT2D eigenvalue weighted by Crippen LogP contribution is -2.54. The summed E-state index contributed by atoms with van der Waals surface area (Å²) in [5.74, 6) is -1.44. The molecule has 5 aromatic rings. The fourth-order valence-corrected chi connectivity index (χ4v) is 8.94. The minimum absolute atomic E-state index is 0.0236. The average Bonchev–Trinajstić information content (AvgIpc) is 4.04. The third-order valence-electron chi connectivity index (χ3n) is 11.8. The van der Waals surface area contributed by atoms with Crippen LogP contribution < -0.4 is 10.6 Å². The number of H-pyrrole nitrogens is 2. The number of alkyl halides is 2. The molecule has 9 rings (SSSR count). The minimum atomic E-state index is -3.22. The molecule has 13 heteroatoms. The number of amides is 2. The second-order valence-electron chi connectivity index (χ2n) is 14.8. The Bertz CT molecular complexity index is 2250. The Balaban J connectivity index is 0.960. The van der Waals surface area contributed by atoms with E-state index in [2.05, 4.69) is 25.6 Å². The molecule has 2 aliphatic carbocycles. The van der Waals surface area contributed by atoms with Gasteiger partial charge in [0.15, 0.2) is 0 Å². The zero-order chi connectivity index (χ0) is 36.6. The van der Waals surface area contributed by atoms with Gasteiger partial charge >= 0.3 is 6.09 Å². The fraction of sp³-hybridized carbons (Fsp3) is 0.400. The Morgan fingerprint density at radius 2 is 1.68 bits per heavy atom. The number of halogens is 2. The number of methoxy groups -OCH3 is 2. The van der Waals surface area contributed by atoms with E-state index in [9.17, 15) is 9.59 Å². The molecule has 11 nitrogen and oxygen atoms in total. The summed E-state index contributed by atoms with van der Waals surface area (Å²) in [6, 6.07) is 15.8. The number of nitrogens with one attached hydrogen (secondary N) is 4. The number of ether oxygens (including phenoxy) is 2. The molecule has 3 fully saturated rings. The molecule has 3 aromatic carbocycles. The van der Waals surface area contributed by atoms with E-state index >= 15 is 8.78 Å². The maximum Gasteiger partial charge on any atom is 0.407 e. The number of likely N-dealkylation sites (tertiary alicyclic amines) is 1. The first-order valence-electron chi connectivity index (χ1n) is 18.3. The number of alkyl carbamates (subject to hydrolysis) is 1. The van der Waals surface area contributed by atoms with Crippen molar-refractivity contribution in [2.24, 2.45) is 5.92 Å². The Morgan fingerprint density at radius 3 is 2.40 bits per heavy atom. The van der Waals surface area contributed by atoms with E-state index in [0.29, 0.717) is 58.7 Å². The van der Waals surface area contributed by atoms with Crippen LogP contribution in [0.2, 0.25) is 0 Å². The quantitative estimate of drug-likeness (QED) is 0.136. The van der Waals surface area contributed by atoms with E-state index in [1.807, 2.05) is 30.3 Å². The van der Waals surface area contributed by atoms with Gasteiger partial charge < -0.3 is 35.0 Å². The van der Waals surface area contributed by atoms with Crippen molar-refractivity contribution in [2.75, 3.05) is 20.8 Å². The highest BCUT2D eigenvalue weighted by Gasteiger charge is 2.45. The SMILES string of the molecule is COC(=O)N[C@H](C(=O)N1CCC[C@H]1c1ncc(-c2ccc3c(c2)C(F)(F)c2cc(-c4ccc5nc([C@H]6N[C@@H]7CC[C@@H]6C7)[nH]c5c4)ccc2-3)[nH]1)[C@@H](C)OC. The summed E-state index contributed by atoms with van der Waals surface area (Å²) in [5.41, 5.74) is 5.38. The molecule has 2 saturated heterocycles. The number of imidazole rings is 2. The molecule has 2 aromatic heterocycles. The van der Waals surface area contributed by atoms with Crippen molar-refractivity contribution in [3.8, 4) is 33.5 Å². The van der Waals surface area contributed by atoms with Crippen molar-refractivity contribution in [1.29, 1.82) is 0 Å². The number of benzene rings is 3. The van der Waals surface area contributed by atoms with Gasteiger partial charge in [-0.25, -0.2) is 14.8 Å². The van der Waals surface area contributed by atoms with Gasteiger partial charge in [0.1, 0.15) is 17.7 Å². The van der Waals surface area contributed by atoms with Crippen molar-refractivity contribution in [3.63, 3.8) is 0 Å². The van der Waals surface area contributed by atoms with E-state index in [1.165, 1.54) is 39.5 Å². The minimum Gasteiger partial charge on any atom is -0.453 e. The number of aromatic nitrogens is 4. The van der Waals surface area contributed by atoms with Gasteiger partial charge in [-0.15, -0.1) is 0 Å². The second-order valence-corrected chi connectivity index (χ2v) is 14.8. The summed E-state index contributed by atoms with van der Waals surface area (Å²) in [4.78, 5) is 43.6. The number of aromatic amines is 2. The lowest BCUT2D eigenvalue weighted by molar-refractivity contribution is -0.137. The van der Waals surface area contributed by atoms with Crippen LogP contribution in [0.25, 0.3) is 44.5 Å². The molecule has 274 valence electrons. The van der Waals surface area contributed by atoms with Crippen molar-refractivity contribution in [1.82, 2.24) is 35.5 Å². The van der Waals surface area contributed by atoms with Gasteiger partial charge in [-0.05, 0) is 91.5 Å². The van der Waals surface area contributed by atoms with Crippen molar-refractivity contribution in [3.05, 3.63) is 83.6 Å². The standard InChI is InChI=1S/C40H41F2N7O4/c1-20(52-2)34(48-39(51)53-3)38(50)49-14-4-5-33(49)36-43-19-32(47-36)23-8-12-27-26-11-7-21(16-28(26)40(41,42)29(27)17-23)22-9-13-30-31(18-22)46-37(45-30)35-24-6-10-25(15-24)44-35/h7-9,11-13,16-20,24-25,33-35,44H,4-6,10,14-15H2,1-3H3,(H,43,47)(H,45,46)(H,48,51)/t20-,24-,25-,33+,34+,35+/m1/s1. The molecule has 53 heavy (non-hydrogen) atoms. The Morgan fingerprint density at radius 1 is 0.943 bits per heavy atom. The van der Waals surface area contributed by atoms with E-state index in [-0.39, 0.29) is 29.1 Å². The highest BCUT2D eigenvalue weighted by atomic mass is 19.3. The van der Waals surface area contributed by atoms with Crippen LogP contribution in [0.4, 0.5) is 13.6 Å². The predicted molar refractivity (Wildman–Crippen MR) is 194 cm³/mol. The Kier molecular flexibility index (Phi) is 8.11. The molecular formula is C40H41F2N7O4. The van der Waals surface area contributed by atoms with Crippen LogP contribution in [0.5, 0.6) is 0 Å². The first-order chi connectivity index (χ1) is 25.6. The van der Waals surface area contributed by atoms with Gasteiger partial charge in [-0.1, -0.05) is 30.3 Å². The first kappa shape index (κ1) is 33.7. The highest BCUT2D eigenvalue weighted by molar-refractivity contribution is 5.88. The lowest BCUT2D eigenvalue weighted by atomic mass is 9.98. The van der Waals surface area contributed by atoms with Gasteiger partial charge in [0, 0.05) is 36.4 Å². The number of hydrogen-bond donors (Lipinski definition) is 4. The molecule has 4 heterocycles. The molecule has 0 radical (unpaired) electrons. The summed E-state index contributed by atoms with van der Waals surface area (Å²) < 4.78 is 42.8. The summed E-state index contributed by atoms with van der Waals surface area (Å²) in [6.45, 7) is 2.17. The molecule has 2 aliphatic heterocycles. The van der Waals surface area contributed by atoms with Gasteiger partial charge in [0.05, 0.1) is 48.2 Å². The zero-order valence-corrected chi connectivity index (χ0v) is 29.7. The average molecular weight is 722 g/mol. The molecule has 4 N–H and O–H groups in total. The molecule has 6 atom stereocenters. The number of rotatable bonds is 8. The summed E-state index contributed by atoms with van der Waals surface area (Å²) in [7, 11) is 2.70. The van der Waals surface area contributed by atoms with E-state index in [1.54, 1.807) is 36.2 Å². The first-order valence-corrected chi connectivity index (χ1v) is 18.3. The molecule has 2 amide bonds. The van der Waals surface area contributed by atoms with E-state index in [0.717, 1.165) is 28.8 Å². The molecule has 4 aliphatic rings. The number of carbonyl (C=O) groups is 2. The van der Waals surface area contributed by atoms with Crippen LogP contribution in [0.3, 0.4) is 0 Å². The van der Waals surface area contributed by atoms with Crippen LogP contribution in [-0.2, 0) is 20.2 Å².